The number of aryl methyl sites for hydroxylation is 1. The summed E-state index contributed by atoms with van der Waals surface area (Å²) < 4.78 is 0. The fourth-order valence-electron chi connectivity index (χ4n) is 2.89. The van der Waals surface area contributed by atoms with Gasteiger partial charge < -0.3 is 11.1 Å². The number of hydrogen-bond acceptors (Lipinski definition) is 4. The Labute approximate surface area is 134 Å². The van der Waals surface area contributed by atoms with Gasteiger partial charge in [0, 0.05) is 16.6 Å². The van der Waals surface area contributed by atoms with Gasteiger partial charge in [-0.3, -0.25) is 4.79 Å². The predicted molar refractivity (Wildman–Crippen MR) is 90.9 cm³/mol. The van der Waals surface area contributed by atoms with Crippen LogP contribution in [0.15, 0.2) is 29.6 Å². The second-order valence-electron chi connectivity index (χ2n) is 6.00. The lowest BCUT2D eigenvalue weighted by atomic mass is 9.82. The van der Waals surface area contributed by atoms with E-state index in [0.29, 0.717) is 0 Å². The quantitative estimate of drug-likeness (QED) is 0.907. The Morgan fingerprint density at radius 1 is 1.23 bits per heavy atom. The second kappa shape index (κ2) is 6.18. The predicted octanol–water partition coefficient (Wildman–Crippen LogP) is 3.72. The van der Waals surface area contributed by atoms with Gasteiger partial charge in [-0.25, -0.2) is 4.98 Å². The molecular weight excluding hydrogens is 294 g/mol. The fraction of sp³-hybridized carbons (Fsp3) is 0.412. The molecule has 1 aromatic heterocycles. The molecule has 0 bridgehead atoms. The fourth-order valence-corrected chi connectivity index (χ4v) is 3.51. The van der Waals surface area contributed by atoms with Crippen LogP contribution in [-0.2, 0) is 4.79 Å². The third-order valence-corrected chi connectivity index (χ3v) is 5.03. The summed E-state index contributed by atoms with van der Waals surface area (Å²) in [5, 5.41) is 6.05. The van der Waals surface area contributed by atoms with Crippen LogP contribution in [0.2, 0.25) is 0 Å². The van der Waals surface area contributed by atoms with E-state index in [1.807, 2.05) is 36.6 Å². The number of rotatable bonds is 3. The second-order valence-corrected chi connectivity index (χ2v) is 7.06. The maximum absolute atomic E-state index is 12.4. The minimum Gasteiger partial charge on any atom is -0.324 e. The van der Waals surface area contributed by atoms with Gasteiger partial charge in [-0.15, -0.1) is 11.3 Å². The maximum atomic E-state index is 12.4. The summed E-state index contributed by atoms with van der Waals surface area (Å²) in [6.07, 6.45) is 4.79. The van der Waals surface area contributed by atoms with Crippen molar-refractivity contribution in [3.8, 4) is 11.3 Å². The zero-order valence-electron chi connectivity index (χ0n) is 12.8. The number of anilines is 1. The van der Waals surface area contributed by atoms with Crippen LogP contribution in [0.1, 0.15) is 37.1 Å². The Morgan fingerprint density at radius 2 is 1.91 bits per heavy atom. The molecule has 0 spiro atoms. The molecule has 116 valence electrons. The largest absolute Gasteiger partial charge is 0.324 e. The van der Waals surface area contributed by atoms with Crippen LogP contribution in [0.3, 0.4) is 0 Å². The number of nitrogens with two attached hydrogens (primary N) is 1. The van der Waals surface area contributed by atoms with Gasteiger partial charge in [0.1, 0.15) is 0 Å². The SMILES string of the molecule is Cc1nc(-c2ccc(NC(=O)C3(N)CCCCC3)cc2)cs1. The van der Waals surface area contributed by atoms with E-state index in [2.05, 4.69) is 10.3 Å². The van der Waals surface area contributed by atoms with E-state index in [-0.39, 0.29) is 5.91 Å². The molecular formula is C17H21N3OS. The molecule has 1 aromatic carbocycles. The molecule has 2 aromatic rings. The zero-order chi connectivity index (χ0) is 15.6. The number of nitrogens with one attached hydrogen (secondary N) is 1. The van der Waals surface area contributed by atoms with E-state index >= 15 is 0 Å². The standard InChI is InChI=1S/C17H21N3OS/c1-12-19-15(11-22-12)13-5-7-14(8-6-13)20-16(21)17(18)9-3-2-4-10-17/h5-8,11H,2-4,9-10,18H2,1H3,(H,20,21). The molecule has 4 nitrogen and oxygen atoms in total. The summed E-state index contributed by atoms with van der Waals surface area (Å²) >= 11 is 1.63. The molecule has 1 amide bonds. The molecule has 1 aliphatic carbocycles. The van der Waals surface area contributed by atoms with Crippen molar-refractivity contribution in [2.24, 2.45) is 5.73 Å². The van der Waals surface area contributed by atoms with Crippen molar-refractivity contribution in [3.63, 3.8) is 0 Å². The molecule has 22 heavy (non-hydrogen) atoms. The molecule has 1 aliphatic rings. The number of thiazole rings is 1. The van der Waals surface area contributed by atoms with Crippen molar-refractivity contribution in [1.29, 1.82) is 0 Å². The Balaban J connectivity index is 1.69. The minimum absolute atomic E-state index is 0.0653. The number of carbonyl (C=O) groups is 1. The van der Waals surface area contributed by atoms with Crippen molar-refractivity contribution in [2.75, 3.05) is 5.32 Å². The van der Waals surface area contributed by atoms with Crippen molar-refractivity contribution >= 4 is 22.9 Å². The number of hydrogen-bond donors (Lipinski definition) is 2. The highest BCUT2D eigenvalue weighted by Crippen LogP contribution is 2.28. The molecule has 1 heterocycles. The van der Waals surface area contributed by atoms with Crippen molar-refractivity contribution in [1.82, 2.24) is 4.98 Å². The molecule has 0 radical (unpaired) electrons. The van der Waals surface area contributed by atoms with Gasteiger partial charge in [0.15, 0.2) is 0 Å². The third kappa shape index (κ3) is 3.20. The summed E-state index contributed by atoms with van der Waals surface area (Å²) in [6.45, 7) is 1.99. The van der Waals surface area contributed by atoms with Crippen LogP contribution in [0.4, 0.5) is 5.69 Å². The highest BCUT2D eigenvalue weighted by molar-refractivity contribution is 7.09. The Hall–Kier alpha value is -1.72. The molecule has 0 unspecified atom stereocenters. The molecule has 1 fully saturated rings. The number of amides is 1. The first-order valence-electron chi connectivity index (χ1n) is 7.70. The van der Waals surface area contributed by atoms with E-state index in [4.69, 9.17) is 5.73 Å². The monoisotopic (exact) mass is 315 g/mol. The highest BCUT2D eigenvalue weighted by Gasteiger charge is 2.35. The topological polar surface area (TPSA) is 68.0 Å². The lowest BCUT2D eigenvalue weighted by Crippen LogP contribution is -2.52. The molecule has 1 saturated carbocycles. The normalized spacial score (nSPS) is 17.2. The molecule has 0 aliphatic heterocycles. The van der Waals surface area contributed by atoms with E-state index < -0.39 is 5.54 Å². The van der Waals surface area contributed by atoms with Crippen molar-refractivity contribution in [3.05, 3.63) is 34.7 Å². The van der Waals surface area contributed by atoms with Crippen LogP contribution in [0.25, 0.3) is 11.3 Å². The van der Waals surface area contributed by atoms with Crippen LogP contribution >= 0.6 is 11.3 Å². The lowest BCUT2D eigenvalue weighted by Gasteiger charge is -2.31. The van der Waals surface area contributed by atoms with Crippen LogP contribution in [0, 0.1) is 6.92 Å². The molecule has 0 atom stereocenters. The number of benzene rings is 1. The molecule has 3 rings (SSSR count). The van der Waals surface area contributed by atoms with Gasteiger partial charge >= 0.3 is 0 Å². The first-order chi connectivity index (χ1) is 10.6. The van der Waals surface area contributed by atoms with Gasteiger partial charge in [0.2, 0.25) is 5.91 Å². The number of aromatic nitrogens is 1. The lowest BCUT2D eigenvalue weighted by molar-refractivity contribution is -0.122. The smallest absolute Gasteiger partial charge is 0.244 e. The summed E-state index contributed by atoms with van der Waals surface area (Å²) in [5.74, 6) is -0.0653. The Bertz CT molecular complexity index is 657. The van der Waals surface area contributed by atoms with Crippen molar-refractivity contribution < 1.29 is 4.79 Å². The van der Waals surface area contributed by atoms with Gasteiger partial charge in [-0.2, -0.15) is 0 Å². The van der Waals surface area contributed by atoms with Crippen LogP contribution in [0.5, 0.6) is 0 Å². The third-order valence-electron chi connectivity index (χ3n) is 4.26. The average Bonchev–Trinajstić information content (AvgIpc) is 2.95. The number of nitrogens with zero attached hydrogens (tertiary/aromatic N) is 1. The Kier molecular flexibility index (Phi) is 4.27. The van der Waals surface area contributed by atoms with Crippen LogP contribution in [-0.4, -0.2) is 16.4 Å². The number of carbonyl (C=O) groups excluding carboxylic acids is 1. The summed E-state index contributed by atoms with van der Waals surface area (Å²) in [5.41, 5.74) is 8.37. The molecule has 5 heteroatoms. The van der Waals surface area contributed by atoms with E-state index in [9.17, 15) is 4.79 Å². The summed E-state index contributed by atoms with van der Waals surface area (Å²) in [7, 11) is 0. The molecule has 3 N–H and O–H groups in total. The Morgan fingerprint density at radius 3 is 2.50 bits per heavy atom. The zero-order valence-corrected chi connectivity index (χ0v) is 13.6. The maximum Gasteiger partial charge on any atom is 0.244 e. The highest BCUT2D eigenvalue weighted by atomic mass is 32.1. The van der Waals surface area contributed by atoms with E-state index in [0.717, 1.165) is 47.6 Å². The van der Waals surface area contributed by atoms with E-state index in [1.54, 1.807) is 11.3 Å². The minimum atomic E-state index is -0.705. The summed E-state index contributed by atoms with van der Waals surface area (Å²) in [6, 6.07) is 7.78. The molecule has 0 saturated heterocycles. The average molecular weight is 315 g/mol. The van der Waals surface area contributed by atoms with Gasteiger partial charge in [-0.05, 0) is 31.9 Å². The van der Waals surface area contributed by atoms with Crippen molar-refractivity contribution in [2.45, 2.75) is 44.6 Å². The van der Waals surface area contributed by atoms with Gasteiger partial charge in [-0.1, -0.05) is 31.4 Å². The van der Waals surface area contributed by atoms with Crippen LogP contribution < -0.4 is 11.1 Å². The summed E-state index contributed by atoms with van der Waals surface area (Å²) in [4.78, 5) is 16.9. The van der Waals surface area contributed by atoms with E-state index in [1.165, 1.54) is 6.42 Å². The van der Waals surface area contributed by atoms with Gasteiger partial charge in [0.05, 0.1) is 16.2 Å². The first kappa shape index (κ1) is 15.2. The first-order valence-corrected chi connectivity index (χ1v) is 8.58. The van der Waals surface area contributed by atoms with Gasteiger partial charge in [0.25, 0.3) is 0 Å².